The van der Waals surface area contributed by atoms with Gasteiger partial charge in [0.15, 0.2) is 18.1 Å². The molecule has 0 N–H and O–H groups in total. The van der Waals surface area contributed by atoms with Gasteiger partial charge < -0.3 is 14.2 Å². The van der Waals surface area contributed by atoms with Gasteiger partial charge in [-0.05, 0) is 65.4 Å². The summed E-state index contributed by atoms with van der Waals surface area (Å²) in [7, 11) is 0. The Morgan fingerprint density at radius 1 is 0.871 bits per heavy atom. The highest BCUT2D eigenvalue weighted by atomic mass is 19.1. The Hall–Kier alpha value is -3.34. The minimum atomic E-state index is -0.453. The van der Waals surface area contributed by atoms with Gasteiger partial charge in [0, 0.05) is 0 Å². The molecule has 0 aliphatic heterocycles. The van der Waals surface area contributed by atoms with Crippen molar-refractivity contribution in [2.75, 3.05) is 13.2 Å². The van der Waals surface area contributed by atoms with Gasteiger partial charge in [0.25, 0.3) is 0 Å². The number of carbonyl (C=O) groups is 1. The Kier molecular flexibility index (Phi) is 6.95. The van der Waals surface area contributed by atoms with Crippen LogP contribution in [0.5, 0.6) is 17.2 Å². The Labute approximate surface area is 182 Å². The molecular weight excluding hydrogens is 395 g/mol. The maximum atomic E-state index is 13.3. The molecule has 0 saturated carbocycles. The number of halogens is 1. The van der Waals surface area contributed by atoms with Gasteiger partial charge in [-0.1, -0.05) is 51.1 Å². The van der Waals surface area contributed by atoms with Crippen molar-refractivity contribution >= 4 is 5.97 Å². The highest BCUT2D eigenvalue weighted by Gasteiger charge is 2.15. The molecule has 0 spiro atoms. The molecular formula is C26H27FO4. The molecule has 31 heavy (non-hydrogen) atoms. The summed E-state index contributed by atoms with van der Waals surface area (Å²) in [6, 6.07) is 19.5. The van der Waals surface area contributed by atoms with E-state index in [1.54, 1.807) is 25.1 Å². The standard InChI is InChI=1S/C26H27FO4/c1-5-29-25(28)17-30-23-15-8-19(18-6-11-21(27)12-7-18)16-24(23)31-22-13-9-20(10-14-22)26(2,3)4/h6-16H,5,17H2,1-4H3. The first-order valence-electron chi connectivity index (χ1n) is 10.2. The number of carbonyl (C=O) groups excluding carboxylic acids is 1. The number of esters is 1. The third kappa shape index (κ3) is 6.07. The fourth-order valence-corrected chi connectivity index (χ4v) is 3.02. The molecule has 162 valence electrons. The molecule has 0 unspecified atom stereocenters. The first-order chi connectivity index (χ1) is 14.8. The lowest BCUT2D eigenvalue weighted by atomic mass is 9.87. The van der Waals surface area contributed by atoms with Crippen LogP contribution in [0.4, 0.5) is 4.39 Å². The molecule has 0 aliphatic carbocycles. The summed E-state index contributed by atoms with van der Waals surface area (Å²) in [6.07, 6.45) is 0. The van der Waals surface area contributed by atoms with Gasteiger partial charge in [-0.15, -0.1) is 0 Å². The van der Waals surface area contributed by atoms with Crippen molar-refractivity contribution in [2.24, 2.45) is 0 Å². The van der Waals surface area contributed by atoms with Gasteiger partial charge in [0.05, 0.1) is 6.61 Å². The quantitative estimate of drug-likeness (QED) is 0.406. The maximum absolute atomic E-state index is 13.3. The lowest BCUT2D eigenvalue weighted by Crippen LogP contribution is -2.14. The minimum Gasteiger partial charge on any atom is -0.478 e. The third-order valence-electron chi connectivity index (χ3n) is 4.72. The number of hydrogen-bond donors (Lipinski definition) is 0. The van der Waals surface area contributed by atoms with Crippen molar-refractivity contribution in [1.82, 2.24) is 0 Å². The van der Waals surface area contributed by atoms with Crippen LogP contribution in [0.1, 0.15) is 33.3 Å². The van der Waals surface area contributed by atoms with Crippen LogP contribution in [0, 0.1) is 5.82 Å². The molecule has 0 fully saturated rings. The van der Waals surface area contributed by atoms with E-state index in [1.807, 2.05) is 36.4 Å². The number of ether oxygens (including phenoxy) is 3. The van der Waals surface area contributed by atoms with E-state index in [-0.39, 0.29) is 24.4 Å². The summed E-state index contributed by atoms with van der Waals surface area (Å²) >= 11 is 0. The lowest BCUT2D eigenvalue weighted by molar-refractivity contribution is -0.145. The molecule has 3 aromatic carbocycles. The fraction of sp³-hybridized carbons (Fsp3) is 0.269. The van der Waals surface area contributed by atoms with Crippen LogP contribution < -0.4 is 9.47 Å². The number of benzene rings is 3. The molecule has 0 aliphatic rings. The summed E-state index contributed by atoms with van der Waals surface area (Å²) in [4.78, 5) is 11.7. The predicted molar refractivity (Wildman–Crippen MR) is 119 cm³/mol. The van der Waals surface area contributed by atoms with Crippen LogP contribution in [0.25, 0.3) is 11.1 Å². The molecule has 0 radical (unpaired) electrons. The monoisotopic (exact) mass is 422 g/mol. The summed E-state index contributed by atoms with van der Waals surface area (Å²) in [5.74, 6) is 0.762. The second kappa shape index (κ2) is 9.65. The van der Waals surface area contributed by atoms with Crippen molar-refractivity contribution in [3.8, 4) is 28.4 Å². The Morgan fingerprint density at radius 2 is 1.52 bits per heavy atom. The zero-order valence-electron chi connectivity index (χ0n) is 18.3. The van der Waals surface area contributed by atoms with E-state index in [2.05, 4.69) is 20.8 Å². The topological polar surface area (TPSA) is 44.8 Å². The normalized spacial score (nSPS) is 11.1. The van der Waals surface area contributed by atoms with Crippen LogP contribution in [0.2, 0.25) is 0 Å². The van der Waals surface area contributed by atoms with Gasteiger partial charge in [-0.2, -0.15) is 0 Å². The zero-order valence-corrected chi connectivity index (χ0v) is 18.3. The van der Waals surface area contributed by atoms with Crippen molar-refractivity contribution in [1.29, 1.82) is 0 Å². The van der Waals surface area contributed by atoms with Crippen LogP contribution in [-0.2, 0) is 14.9 Å². The van der Waals surface area contributed by atoms with Gasteiger partial charge in [-0.3, -0.25) is 0 Å². The first kappa shape index (κ1) is 22.3. The predicted octanol–water partition coefficient (Wildman–Crippen LogP) is 6.52. The summed E-state index contributed by atoms with van der Waals surface area (Å²) < 4.78 is 30.0. The average molecular weight is 422 g/mol. The van der Waals surface area contributed by atoms with Crippen molar-refractivity contribution < 1.29 is 23.4 Å². The molecule has 5 heteroatoms. The summed E-state index contributed by atoms with van der Waals surface area (Å²) in [5, 5.41) is 0. The Balaban J connectivity index is 1.90. The van der Waals surface area contributed by atoms with Gasteiger partial charge in [0.1, 0.15) is 11.6 Å². The molecule has 0 atom stereocenters. The van der Waals surface area contributed by atoms with E-state index < -0.39 is 5.97 Å². The summed E-state index contributed by atoms with van der Waals surface area (Å²) in [6.45, 7) is 8.26. The molecule has 0 heterocycles. The van der Waals surface area contributed by atoms with E-state index in [9.17, 15) is 9.18 Å². The molecule has 3 aromatic rings. The molecule has 4 nitrogen and oxygen atoms in total. The second-order valence-electron chi connectivity index (χ2n) is 8.14. The van der Waals surface area contributed by atoms with Crippen LogP contribution in [0.3, 0.4) is 0 Å². The highest BCUT2D eigenvalue weighted by molar-refractivity contribution is 5.72. The maximum Gasteiger partial charge on any atom is 0.344 e. The molecule has 0 saturated heterocycles. The smallest absolute Gasteiger partial charge is 0.344 e. The number of rotatable bonds is 7. The van der Waals surface area contributed by atoms with E-state index in [0.717, 1.165) is 11.1 Å². The minimum absolute atomic E-state index is 0.0366. The number of hydrogen-bond acceptors (Lipinski definition) is 4. The zero-order chi connectivity index (χ0) is 22.4. The van der Waals surface area contributed by atoms with E-state index >= 15 is 0 Å². The fourth-order valence-electron chi connectivity index (χ4n) is 3.02. The largest absolute Gasteiger partial charge is 0.478 e. The average Bonchev–Trinajstić information content (AvgIpc) is 2.73. The van der Waals surface area contributed by atoms with E-state index in [0.29, 0.717) is 17.2 Å². The van der Waals surface area contributed by atoms with Crippen LogP contribution in [0.15, 0.2) is 66.7 Å². The third-order valence-corrected chi connectivity index (χ3v) is 4.72. The first-order valence-corrected chi connectivity index (χ1v) is 10.2. The SMILES string of the molecule is CCOC(=O)COc1ccc(-c2ccc(F)cc2)cc1Oc1ccc(C(C)(C)C)cc1. The molecule has 3 rings (SSSR count). The van der Waals surface area contributed by atoms with E-state index in [1.165, 1.54) is 17.7 Å². The van der Waals surface area contributed by atoms with Crippen molar-refractivity contribution in [3.05, 3.63) is 78.1 Å². The molecule has 0 aromatic heterocycles. The second-order valence-corrected chi connectivity index (χ2v) is 8.14. The van der Waals surface area contributed by atoms with Crippen molar-refractivity contribution in [2.45, 2.75) is 33.1 Å². The highest BCUT2D eigenvalue weighted by Crippen LogP contribution is 2.36. The molecule has 0 amide bonds. The van der Waals surface area contributed by atoms with Crippen LogP contribution in [-0.4, -0.2) is 19.2 Å². The summed E-state index contributed by atoms with van der Waals surface area (Å²) in [5.41, 5.74) is 2.91. The van der Waals surface area contributed by atoms with Gasteiger partial charge in [0.2, 0.25) is 0 Å². The lowest BCUT2D eigenvalue weighted by Gasteiger charge is -2.19. The van der Waals surface area contributed by atoms with E-state index in [4.69, 9.17) is 14.2 Å². The van der Waals surface area contributed by atoms with Gasteiger partial charge >= 0.3 is 5.97 Å². The van der Waals surface area contributed by atoms with Crippen molar-refractivity contribution in [3.63, 3.8) is 0 Å². The van der Waals surface area contributed by atoms with Gasteiger partial charge in [-0.25, -0.2) is 9.18 Å². The Bertz CT molecular complexity index is 1020. The molecule has 0 bridgehead atoms. The van der Waals surface area contributed by atoms with Crippen LogP contribution >= 0.6 is 0 Å². The Morgan fingerprint density at radius 3 is 2.13 bits per heavy atom.